The summed E-state index contributed by atoms with van der Waals surface area (Å²) in [5.41, 5.74) is -0.332. The Morgan fingerprint density at radius 2 is 1.83 bits per heavy atom. The number of aromatic nitrogens is 1. The number of rotatable bonds is 6. The number of aromatic amines is 1. The highest BCUT2D eigenvalue weighted by molar-refractivity contribution is 7.91. The summed E-state index contributed by atoms with van der Waals surface area (Å²) >= 11 is 0. The third-order valence-corrected chi connectivity index (χ3v) is 13.4. The van der Waals surface area contributed by atoms with Crippen LogP contribution < -0.4 is 10.0 Å². The molecule has 6 rings (SSSR count). The monoisotopic (exact) mass is 754 g/mol. The van der Waals surface area contributed by atoms with E-state index in [4.69, 9.17) is 9.47 Å². The molecule has 3 fully saturated rings. The maximum Gasteiger partial charge on any atom is 0.355 e. The first kappa shape index (κ1) is 38.8. The number of sulfonamides is 1. The first-order chi connectivity index (χ1) is 24.8. The number of cyclic esters (lactones) is 1. The predicted molar refractivity (Wildman–Crippen MR) is 197 cm³/mol. The zero-order valence-corrected chi connectivity index (χ0v) is 32.5. The number of esters is 2. The van der Waals surface area contributed by atoms with Crippen molar-refractivity contribution in [3.63, 3.8) is 0 Å². The van der Waals surface area contributed by atoms with Crippen LogP contribution in [-0.2, 0) is 45.1 Å². The zero-order chi connectivity index (χ0) is 38.5. The van der Waals surface area contributed by atoms with Crippen molar-refractivity contribution in [2.24, 2.45) is 22.7 Å². The number of ether oxygens (including phenoxy) is 2. The minimum atomic E-state index is -3.87. The number of hydrogen-bond donors (Lipinski definition) is 3. The number of aryl methyl sites for hydroxylation is 1. The van der Waals surface area contributed by atoms with E-state index >= 15 is 0 Å². The van der Waals surface area contributed by atoms with Crippen LogP contribution in [0.4, 0.5) is 0 Å². The van der Waals surface area contributed by atoms with Crippen LogP contribution in [-0.4, -0.2) is 84.0 Å². The van der Waals surface area contributed by atoms with E-state index in [0.717, 1.165) is 42.1 Å². The third kappa shape index (κ3) is 8.42. The Bertz CT molecular complexity index is 1890. The number of H-pyrrole nitrogens is 1. The molecule has 1 aromatic carbocycles. The lowest BCUT2D eigenvalue weighted by Gasteiger charge is -2.35. The molecule has 0 unspecified atom stereocenters. The number of nitrogens with one attached hydrogen (secondary N) is 3. The quantitative estimate of drug-likeness (QED) is 0.357. The number of hydrogen-bond acceptors (Lipinski definition) is 9. The second kappa shape index (κ2) is 14.4. The van der Waals surface area contributed by atoms with Gasteiger partial charge in [-0.2, -0.15) is 0 Å². The lowest BCUT2D eigenvalue weighted by molar-refractivity contribution is -0.155. The van der Waals surface area contributed by atoms with Crippen LogP contribution in [0.2, 0.25) is 0 Å². The normalized spacial score (nSPS) is 28.6. The van der Waals surface area contributed by atoms with Crippen LogP contribution in [0.25, 0.3) is 10.9 Å². The van der Waals surface area contributed by atoms with E-state index in [2.05, 4.69) is 15.0 Å². The molecule has 1 aromatic heterocycles. The highest BCUT2D eigenvalue weighted by Crippen LogP contribution is 2.47. The number of fused-ring (bicyclic) bond motifs is 3. The van der Waals surface area contributed by atoms with Gasteiger partial charge in [0.05, 0.1) is 30.7 Å². The van der Waals surface area contributed by atoms with Crippen LogP contribution in [0.15, 0.2) is 24.3 Å². The molecule has 2 saturated carbocycles. The van der Waals surface area contributed by atoms with Gasteiger partial charge in [-0.05, 0) is 73.0 Å². The first-order valence-electron chi connectivity index (χ1n) is 19.0. The SMILES string of the molecule is CC[C@@H]1C[C@]1(NC(=O)[C@@H]1C[C@@H]2CN1C(=O)[C@H](C(C)(C)C)CC(=O)OCC(C)(C)CCCCc1cccc3[nH]c(cc13)C(=O)O2)C(=O)NS(=O)(=O)C1CC1. The summed E-state index contributed by atoms with van der Waals surface area (Å²) in [6, 6.07) is 6.49. The molecule has 3 amide bonds. The van der Waals surface area contributed by atoms with E-state index in [0.29, 0.717) is 19.3 Å². The van der Waals surface area contributed by atoms with Crippen LogP contribution in [0, 0.1) is 22.7 Å². The van der Waals surface area contributed by atoms with E-state index in [-0.39, 0.29) is 49.4 Å². The van der Waals surface area contributed by atoms with Crippen molar-refractivity contribution in [2.45, 2.75) is 129 Å². The Morgan fingerprint density at radius 3 is 2.49 bits per heavy atom. The van der Waals surface area contributed by atoms with Crippen molar-refractivity contribution in [1.29, 1.82) is 0 Å². The van der Waals surface area contributed by atoms with Crippen molar-refractivity contribution in [3.8, 4) is 0 Å². The van der Waals surface area contributed by atoms with Crippen LogP contribution in [0.1, 0.15) is 115 Å². The van der Waals surface area contributed by atoms with Gasteiger partial charge in [0.2, 0.25) is 21.8 Å². The van der Waals surface area contributed by atoms with Gasteiger partial charge in [0.25, 0.3) is 5.91 Å². The van der Waals surface area contributed by atoms with Gasteiger partial charge < -0.3 is 24.7 Å². The highest BCUT2D eigenvalue weighted by atomic mass is 32.2. The van der Waals surface area contributed by atoms with Crippen LogP contribution >= 0.6 is 0 Å². The molecule has 14 heteroatoms. The standard InChI is InChI=1S/C39H54N4O9S/c1-7-24-20-39(24,36(48)42-53(49,50)26-14-15-26)41-33(45)31-17-25-21-43(31)34(46)28(37(2,3)4)19-32(44)51-22-38(5,6)16-9-8-11-23-12-10-13-29-27(23)18-30(40-29)35(47)52-25/h10,12-13,18,24-26,28,31,40H,7-9,11,14-17,19-22H2,1-6H3,(H,41,45)(H,42,48)/t24-,25-,28-,31+,39-/m1/s1. The minimum Gasteiger partial charge on any atom is -0.465 e. The van der Waals surface area contributed by atoms with E-state index in [1.165, 1.54) is 4.90 Å². The fourth-order valence-corrected chi connectivity index (χ4v) is 9.25. The lowest BCUT2D eigenvalue weighted by atomic mass is 9.77. The Hall–Kier alpha value is -3.94. The number of carbonyl (C=O) groups excluding carboxylic acids is 5. The summed E-state index contributed by atoms with van der Waals surface area (Å²) in [6.45, 7) is 11.6. The number of benzene rings is 1. The van der Waals surface area contributed by atoms with Crippen LogP contribution in [0.5, 0.6) is 0 Å². The van der Waals surface area contributed by atoms with Crippen molar-refractivity contribution >= 4 is 50.6 Å². The van der Waals surface area contributed by atoms with Gasteiger partial charge in [0.15, 0.2) is 0 Å². The van der Waals surface area contributed by atoms with Crippen LogP contribution in [0.3, 0.4) is 0 Å². The van der Waals surface area contributed by atoms with Gasteiger partial charge in [-0.15, -0.1) is 0 Å². The third-order valence-electron chi connectivity index (χ3n) is 11.5. The summed E-state index contributed by atoms with van der Waals surface area (Å²) in [4.78, 5) is 73.8. The zero-order valence-electron chi connectivity index (χ0n) is 31.7. The topological polar surface area (TPSA) is 181 Å². The van der Waals surface area contributed by atoms with E-state index in [9.17, 15) is 32.4 Å². The molecule has 5 atom stereocenters. The Morgan fingerprint density at radius 1 is 1.09 bits per heavy atom. The average Bonchev–Trinajstić information content (AvgIpc) is 3.97. The molecule has 2 aromatic rings. The fraction of sp³-hybridized carbons (Fsp3) is 0.667. The van der Waals surface area contributed by atoms with Crippen molar-refractivity contribution in [1.82, 2.24) is 19.9 Å². The molecule has 4 bridgehead atoms. The molecule has 3 N–H and O–H groups in total. The largest absolute Gasteiger partial charge is 0.465 e. The summed E-state index contributed by atoms with van der Waals surface area (Å²) < 4.78 is 39.3. The van der Waals surface area contributed by atoms with Gasteiger partial charge in [-0.25, -0.2) is 13.2 Å². The second-order valence-corrected chi connectivity index (χ2v) is 19.4. The summed E-state index contributed by atoms with van der Waals surface area (Å²) in [5.74, 6) is -4.26. The molecular weight excluding hydrogens is 701 g/mol. The predicted octanol–water partition coefficient (Wildman–Crippen LogP) is 4.54. The number of carbonyl (C=O) groups is 5. The first-order valence-corrected chi connectivity index (χ1v) is 20.5. The summed E-state index contributed by atoms with van der Waals surface area (Å²) in [7, 11) is -3.87. The molecule has 290 valence electrons. The van der Waals surface area contributed by atoms with Crippen molar-refractivity contribution in [3.05, 3.63) is 35.5 Å². The molecule has 3 heterocycles. The van der Waals surface area contributed by atoms with Gasteiger partial charge in [-0.1, -0.05) is 66.5 Å². The molecule has 4 aliphatic rings. The maximum absolute atomic E-state index is 14.5. The van der Waals surface area contributed by atoms with E-state index < -0.39 is 74.0 Å². The summed E-state index contributed by atoms with van der Waals surface area (Å²) in [5, 5.41) is 3.12. The second-order valence-electron chi connectivity index (χ2n) is 17.4. The average molecular weight is 755 g/mol. The van der Waals surface area contributed by atoms with Crippen molar-refractivity contribution < 1.29 is 41.9 Å². The van der Waals surface area contributed by atoms with Gasteiger partial charge >= 0.3 is 11.9 Å². The molecule has 0 radical (unpaired) electrons. The Balaban J connectivity index is 1.31. The maximum atomic E-state index is 14.5. The number of nitrogens with zero attached hydrogens (tertiary/aromatic N) is 1. The molecule has 2 aliphatic heterocycles. The smallest absolute Gasteiger partial charge is 0.355 e. The Kier molecular flexibility index (Phi) is 10.5. The van der Waals surface area contributed by atoms with E-state index in [1.54, 1.807) is 6.07 Å². The molecule has 0 spiro atoms. The fourth-order valence-electron chi connectivity index (χ4n) is 7.89. The van der Waals surface area contributed by atoms with Crippen molar-refractivity contribution in [2.75, 3.05) is 13.2 Å². The summed E-state index contributed by atoms with van der Waals surface area (Å²) in [6.07, 6.45) is 3.98. The molecule has 53 heavy (non-hydrogen) atoms. The minimum absolute atomic E-state index is 0.0564. The molecule has 2 aliphatic carbocycles. The Labute approximate surface area is 311 Å². The molecule has 13 nitrogen and oxygen atoms in total. The van der Waals surface area contributed by atoms with Gasteiger partial charge in [0, 0.05) is 17.3 Å². The van der Waals surface area contributed by atoms with Gasteiger partial charge in [0.1, 0.15) is 23.4 Å². The van der Waals surface area contributed by atoms with E-state index in [1.807, 2.05) is 59.7 Å². The molecular formula is C39H54N4O9S. The number of amides is 3. The molecule has 1 saturated heterocycles. The lowest BCUT2D eigenvalue weighted by Crippen LogP contribution is -2.57. The highest BCUT2D eigenvalue weighted by Gasteiger charge is 2.62. The van der Waals surface area contributed by atoms with Gasteiger partial charge in [-0.3, -0.25) is 23.9 Å².